The minimum absolute atomic E-state index is 0.147. The Morgan fingerprint density at radius 1 is 1.19 bits per heavy atom. The molecule has 1 aliphatic rings. The number of ether oxygens (including phenoxy) is 3. The fraction of sp³-hybridized carbons (Fsp3) is 0.267. The van der Waals surface area contributed by atoms with Crippen molar-refractivity contribution in [2.75, 3.05) is 19.8 Å². The van der Waals surface area contributed by atoms with E-state index in [0.29, 0.717) is 13.2 Å². The van der Waals surface area contributed by atoms with Gasteiger partial charge in [0.25, 0.3) is 0 Å². The molecule has 0 N–H and O–H groups in total. The molecule has 1 heterocycles. The summed E-state index contributed by atoms with van der Waals surface area (Å²) in [6, 6.07) is 1.69. The number of esters is 2. The lowest BCUT2D eigenvalue weighted by Gasteiger charge is -1.94. The van der Waals surface area contributed by atoms with E-state index in [4.69, 9.17) is 10.00 Å². The van der Waals surface area contributed by atoms with Crippen LogP contribution in [0.4, 0.5) is 0 Å². The second-order valence-corrected chi connectivity index (χ2v) is 3.25. The van der Waals surface area contributed by atoms with Crippen LogP contribution in [0.5, 0.6) is 0 Å². The first-order chi connectivity index (χ1) is 10.0. The van der Waals surface area contributed by atoms with Gasteiger partial charge in [-0.2, -0.15) is 5.26 Å². The third-order valence-corrected chi connectivity index (χ3v) is 1.58. The van der Waals surface area contributed by atoms with Gasteiger partial charge in [0.05, 0.1) is 12.7 Å². The van der Waals surface area contributed by atoms with Crippen LogP contribution in [0.3, 0.4) is 0 Å². The molecule has 0 spiro atoms. The molecule has 1 aliphatic heterocycles. The molecule has 0 amide bonds. The molecule has 0 bridgehead atoms. The van der Waals surface area contributed by atoms with Crippen LogP contribution in [0.15, 0.2) is 50.6 Å². The van der Waals surface area contributed by atoms with Crippen molar-refractivity contribution in [2.24, 2.45) is 0 Å². The first kappa shape index (κ1) is 20.7. The van der Waals surface area contributed by atoms with Gasteiger partial charge < -0.3 is 14.2 Å². The van der Waals surface area contributed by atoms with Crippen LogP contribution in [0, 0.1) is 11.3 Å². The quantitative estimate of drug-likeness (QED) is 0.243. The average molecular weight is 293 g/mol. The van der Waals surface area contributed by atoms with Crippen molar-refractivity contribution in [3.63, 3.8) is 0 Å². The third-order valence-electron chi connectivity index (χ3n) is 1.58. The van der Waals surface area contributed by atoms with E-state index >= 15 is 0 Å². The molecule has 0 aliphatic carbocycles. The number of nitrogens with zero attached hydrogens (tertiary/aromatic N) is 1. The fourth-order valence-electron chi connectivity index (χ4n) is 0.598. The molecule has 1 unspecified atom stereocenters. The van der Waals surface area contributed by atoms with Gasteiger partial charge in [-0.1, -0.05) is 32.4 Å². The monoisotopic (exact) mass is 293 g/mol. The van der Waals surface area contributed by atoms with E-state index < -0.39 is 5.97 Å². The number of carbonyl (C=O) groups excluding carboxylic acids is 2. The Balaban J connectivity index is 0. The van der Waals surface area contributed by atoms with Crippen LogP contribution in [-0.4, -0.2) is 37.9 Å². The first-order valence-corrected chi connectivity index (χ1v) is 5.87. The molecule has 0 aromatic rings. The maximum Gasteiger partial charge on any atom is 0.330 e. The van der Waals surface area contributed by atoms with Crippen LogP contribution < -0.4 is 0 Å². The lowest BCUT2D eigenvalue weighted by Crippen LogP contribution is -2.06. The molecule has 1 atom stereocenters. The summed E-state index contributed by atoms with van der Waals surface area (Å²) in [4.78, 5) is 20.5. The number of nitriles is 1. The molecule has 0 aromatic carbocycles. The van der Waals surface area contributed by atoms with Crippen LogP contribution >= 0.6 is 0 Å². The summed E-state index contributed by atoms with van der Waals surface area (Å²) in [6.07, 6.45) is 5.08. The van der Waals surface area contributed by atoms with Gasteiger partial charge in [0.1, 0.15) is 19.3 Å². The highest BCUT2D eigenvalue weighted by atomic mass is 16.6. The average Bonchev–Trinajstić information content (AvgIpc) is 3.35. The normalized spacial score (nSPS) is 13.4. The van der Waals surface area contributed by atoms with E-state index in [-0.39, 0.29) is 18.7 Å². The van der Waals surface area contributed by atoms with E-state index in [2.05, 4.69) is 35.8 Å². The van der Waals surface area contributed by atoms with E-state index in [1.54, 1.807) is 6.07 Å². The van der Waals surface area contributed by atoms with Crippen LogP contribution in [0.2, 0.25) is 0 Å². The molecule has 0 aromatic heterocycles. The third kappa shape index (κ3) is 19.9. The molecule has 114 valence electrons. The standard InChI is InChI=1S/C6H8O3.C6H8O2.C3H3N/c1-2-6(7)9-4-5-3-8-5;1-3-5-8-6(7)4-2;1-2-3-4/h2,5H,1,3-4H2;3-4H,1-2,5H2;2H,1H2. The summed E-state index contributed by atoms with van der Waals surface area (Å²) in [6.45, 7) is 14.3. The lowest BCUT2D eigenvalue weighted by molar-refractivity contribution is -0.138. The molecule has 0 saturated carbocycles. The summed E-state index contributed by atoms with van der Waals surface area (Å²) in [7, 11) is 0. The summed E-state index contributed by atoms with van der Waals surface area (Å²) >= 11 is 0. The zero-order chi connectivity index (χ0) is 16.5. The van der Waals surface area contributed by atoms with Crippen molar-refractivity contribution < 1.29 is 23.8 Å². The maximum absolute atomic E-state index is 10.3. The van der Waals surface area contributed by atoms with Crippen LogP contribution in [-0.2, 0) is 23.8 Å². The highest BCUT2D eigenvalue weighted by molar-refractivity contribution is 5.81. The highest BCUT2D eigenvalue weighted by Crippen LogP contribution is 2.08. The van der Waals surface area contributed by atoms with Gasteiger partial charge in [-0.25, -0.2) is 9.59 Å². The minimum Gasteiger partial charge on any atom is -0.460 e. The van der Waals surface area contributed by atoms with Crippen molar-refractivity contribution in [3.05, 3.63) is 50.6 Å². The first-order valence-electron chi connectivity index (χ1n) is 5.87. The zero-order valence-corrected chi connectivity index (χ0v) is 11.8. The molecule has 1 fully saturated rings. The number of epoxide rings is 1. The van der Waals surface area contributed by atoms with E-state index in [1.807, 2.05) is 0 Å². The molecule has 6 nitrogen and oxygen atoms in total. The summed E-state index contributed by atoms with van der Waals surface area (Å²) in [5, 5.41) is 7.51. The van der Waals surface area contributed by atoms with Crippen molar-refractivity contribution in [1.82, 2.24) is 0 Å². The Morgan fingerprint density at radius 2 is 1.67 bits per heavy atom. The highest BCUT2D eigenvalue weighted by Gasteiger charge is 2.23. The van der Waals surface area contributed by atoms with Gasteiger partial charge in [0.15, 0.2) is 0 Å². The van der Waals surface area contributed by atoms with Gasteiger partial charge in [0, 0.05) is 18.2 Å². The Labute approximate surface area is 124 Å². The number of hydrogen-bond acceptors (Lipinski definition) is 6. The smallest absolute Gasteiger partial charge is 0.330 e. The number of rotatable bonds is 6. The van der Waals surface area contributed by atoms with E-state index in [0.717, 1.165) is 12.2 Å². The lowest BCUT2D eigenvalue weighted by atomic mass is 10.5. The van der Waals surface area contributed by atoms with E-state index in [9.17, 15) is 9.59 Å². The summed E-state index contributed by atoms with van der Waals surface area (Å²) in [5.74, 6) is -0.796. The number of hydrogen-bond donors (Lipinski definition) is 0. The molecule has 1 rings (SSSR count). The number of allylic oxidation sites excluding steroid dienone is 1. The van der Waals surface area contributed by atoms with Crippen molar-refractivity contribution in [2.45, 2.75) is 6.10 Å². The molecule has 1 saturated heterocycles. The zero-order valence-electron chi connectivity index (χ0n) is 11.8. The summed E-state index contributed by atoms with van der Waals surface area (Å²) in [5.41, 5.74) is 0. The minimum atomic E-state index is -0.412. The van der Waals surface area contributed by atoms with Gasteiger partial charge in [-0.05, 0) is 0 Å². The van der Waals surface area contributed by atoms with E-state index in [1.165, 1.54) is 12.2 Å². The van der Waals surface area contributed by atoms with Crippen molar-refractivity contribution in [3.8, 4) is 6.07 Å². The molecular weight excluding hydrogens is 274 g/mol. The van der Waals surface area contributed by atoms with Gasteiger partial charge in [-0.15, -0.1) is 0 Å². The topological polar surface area (TPSA) is 88.9 Å². The predicted octanol–water partition coefficient (Wildman–Crippen LogP) is 1.71. The predicted molar refractivity (Wildman–Crippen MR) is 78.1 cm³/mol. The van der Waals surface area contributed by atoms with Crippen LogP contribution in [0.1, 0.15) is 0 Å². The molecular formula is C15H19NO5. The van der Waals surface area contributed by atoms with Gasteiger partial charge >= 0.3 is 11.9 Å². The fourth-order valence-corrected chi connectivity index (χ4v) is 0.598. The molecule has 21 heavy (non-hydrogen) atoms. The SMILES string of the molecule is C=CC#N.C=CC(=O)OCC1CO1.C=CCOC(=O)C=C. The Kier molecular flexibility index (Phi) is 15.2. The van der Waals surface area contributed by atoms with Gasteiger partial charge in [-0.3, -0.25) is 0 Å². The summed E-state index contributed by atoms with van der Waals surface area (Å²) < 4.78 is 13.9. The van der Waals surface area contributed by atoms with Crippen molar-refractivity contribution in [1.29, 1.82) is 5.26 Å². The van der Waals surface area contributed by atoms with Crippen molar-refractivity contribution >= 4 is 11.9 Å². The Hall–Kier alpha value is -2.65. The Morgan fingerprint density at radius 3 is 2.00 bits per heavy atom. The van der Waals surface area contributed by atoms with Crippen LogP contribution in [0.25, 0.3) is 0 Å². The second-order valence-electron chi connectivity index (χ2n) is 3.25. The molecule has 0 radical (unpaired) electrons. The largest absolute Gasteiger partial charge is 0.460 e. The number of carbonyl (C=O) groups is 2. The Bertz CT molecular complexity index is 405. The second kappa shape index (κ2) is 15.4. The van der Waals surface area contributed by atoms with Gasteiger partial charge in [0.2, 0.25) is 0 Å². The maximum atomic E-state index is 10.3. The molecule has 6 heteroatoms.